The molecule has 3 rings (SSSR count). The van der Waals surface area contributed by atoms with Crippen LogP contribution in [-0.2, 0) is 21.3 Å². The van der Waals surface area contributed by atoms with Crippen molar-refractivity contribution in [2.75, 3.05) is 22.5 Å². The average molecular weight is 467 g/mol. The Labute approximate surface area is 194 Å². The molecule has 0 heterocycles. The molecule has 1 amide bonds. The second-order valence-corrected chi connectivity index (χ2v) is 9.40. The molecule has 33 heavy (non-hydrogen) atoms. The number of ether oxygens (including phenoxy) is 1. The summed E-state index contributed by atoms with van der Waals surface area (Å²) in [6.07, 6.45) is 1.16. The van der Waals surface area contributed by atoms with Crippen molar-refractivity contribution in [1.29, 1.82) is 0 Å². The molecule has 7 nitrogen and oxygen atoms in total. The number of aryl methyl sites for hydroxylation is 1. The zero-order chi connectivity index (χ0) is 24.0. The normalized spacial score (nSPS) is 11.0. The van der Waals surface area contributed by atoms with E-state index in [4.69, 9.17) is 4.74 Å². The van der Waals surface area contributed by atoms with E-state index in [0.29, 0.717) is 22.5 Å². The van der Waals surface area contributed by atoms with Gasteiger partial charge in [0.2, 0.25) is 10.0 Å². The van der Waals surface area contributed by atoms with Crippen LogP contribution in [0.3, 0.4) is 0 Å². The van der Waals surface area contributed by atoms with Crippen LogP contribution in [0, 0.1) is 6.92 Å². The summed E-state index contributed by atoms with van der Waals surface area (Å²) in [5, 5.41) is 2.76. The van der Waals surface area contributed by atoms with Gasteiger partial charge in [0.05, 0.1) is 30.7 Å². The topological polar surface area (TPSA) is 92.8 Å². The van der Waals surface area contributed by atoms with Gasteiger partial charge >= 0.3 is 5.97 Å². The van der Waals surface area contributed by atoms with Crippen LogP contribution >= 0.6 is 0 Å². The summed E-state index contributed by atoms with van der Waals surface area (Å²) in [6.45, 7) is 4.15. The number of carbonyl (C=O) groups is 2. The fraction of sp³-hybridized carbons (Fsp3) is 0.200. The smallest absolute Gasteiger partial charge is 0.338 e. The van der Waals surface area contributed by atoms with Gasteiger partial charge in [-0.1, -0.05) is 24.3 Å². The number of hydrogen-bond acceptors (Lipinski definition) is 5. The Kier molecular flexibility index (Phi) is 7.50. The minimum Gasteiger partial charge on any atom is -0.462 e. The summed E-state index contributed by atoms with van der Waals surface area (Å²) in [6, 6.07) is 20.4. The molecule has 0 bridgehead atoms. The minimum atomic E-state index is -3.53. The molecule has 1 N–H and O–H groups in total. The third-order valence-corrected chi connectivity index (χ3v) is 6.19. The van der Waals surface area contributed by atoms with E-state index in [2.05, 4.69) is 5.32 Å². The van der Waals surface area contributed by atoms with Gasteiger partial charge in [-0.2, -0.15) is 0 Å². The predicted molar refractivity (Wildman–Crippen MR) is 129 cm³/mol. The number of hydrogen-bond donors (Lipinski definition) is 1. The third kappa shape index (κ3) is 6.20. The fourth-order valence-electron chi connectivity index (χ4n) is 3.23. The maximum Gasteiger partial charge on any atom is 0.338 e. The van der Waals surface area contributed by atoms with E-state index < -0.39 is 16.0 Å². The van der Waals surface area contributed by atoms with Crippen molar-refractivity contribution in [2.45, 2.75) is 20.4 Å². The van der Waals surface area contributed by atoms with Gasteiger partial charge in [-0.25, -0.2) is 13.2 Å². The van der Waals surface area contributed by atoms with Gasteiger partial charge in [-0.3, -0.25) is 9.10 Å². The molecule has 0 spiro atoms. The van der Waals surface area contributed by atoms with Crippen molar-refractivity contribution in [2.24, 2.45) is 0 Å². The van der Waals surface area contributed by atoms with Gasteiger partial charge in [0.1, 0.15) is 0 Å². The molecular formula is C25H26N2O5S. The second kappa shape index (κ2) is 10.3. The van der Waals surface area contributed by atoms with E-state index in [0.717, 1.165) is 17.4 Å². The molecule has 0 saturated heterocycles. The Bertz CT molecular complexity index is 1240. The molecule has 0 aliphatic heterocycles. The second-order valence-electron chi connectivity index (χ2n) is 7.49. The molecule has 0 saturated carbocycles. The number of benzene rings is 3. The fourth-order valence-corrected chi connectivity index (χ4v) is 4.11. The zero-order valence-corrected chi connectivity index (χ0v) is 19.6. The first-order valence-corrected chi connectivity index (χ1v) is 12.2. The number of nitrogens with zero attached hydrogens (tertiary/aromatic N) is 1. The maximum atomic E-state index is 12.6. The Morgan fingerprint density at radius 3 is 2.09 bits per heavy atom. The number of sulfonamides is 1. The van der Waals surface area contributed by atoms with E-state index in [1.54, 1.807) is 55.5 Å². The summed E-state index contributed by atoms with van der Waals surface area (Å²) in [4.78, 5) is 24.3. The number of nitrogens with one attached hydrogen (secondary N) is 1. The van der Waals surface area contributed by atoms with Gasteiger partial charge in [0.15, 0.2) is 0 Å². The highest BCUT2D eigenvalue weighted by Crippen LogP contribution is 2.23. The summed E-state index contributed by atoms with van der Waals surface area (Å²) in [5.74, 6) is -0.776. The lowest BCUT2D eigenvalue weighted by Crippen LogP contribution is -2.29. The summed E-state index contributed by atoms with van der Waals surface area (Å²) >= 11 is 0. The molecule has 0 aromatic heterocycles. The standard InChI is InChI=1S/C25H26N2O5S/c1-4-32-25(29)20-9-13-22(14-10-20)26-24(28)19-11-15-23(16-12-19)27(33(3,30)31)17-21-8-6-5-7-18(21)2/h5-16H,4,17H2,1-3H3,(H,26,28). The van der Waals surface area contributed by atoms with E-state index in [9.17, 15) is 18.0 Å². The molecule has 8 heteroatoms. The van der Waals surface area contributed by atoms with Crippen LogP contribution in [0.15, 0.2) is 72.8 Å². The number of carbonyl (C=O) groups excluding carboxylic acids is 2. The number of esters is 1. The van der Waals surface area contributed by atoms with Crippen molar-refractivity contribution >= 4 is 33.3 Å². The first-order chi connectivity index (χ1) is 15.7. The van der Waals surface area contributed by atoms with Crippen molar-refractivity contribution < 1.29 is 22.7 Å². The van der Waals surface area contributed by atoms with Crippen molar-refractivity contribution in [3.63, 3.8) is 0 Å². The van der Waals surface area contributed by atoms with Gasteiger partial charge in [-0.15, -0.1) is 0 Å². The Hall–Kier alpha value is -3.65. The quantitative estimate of drug-likeness (QED) is 0.497. The Morgan fingerprint density at radius 1 is 0.909 bits per heavy atom. The lowest BCUT2D eigenvalue weighted by atomic mass is 10.1. The minimum absolute atomic E-state index is 0.198. The number of rotatable bonds is 8. The zero-order valence-electron chi connectivity index (χ0n) is 18.7. The summed E-state index contributed by atoms with van der Waals surface area (Å²) < 4.78 is 31.1. The third-order valence-electron chi connectivity index (χ3n) is 5.05. The highest BCUT2D eigenvalue weighted by Gasteiger charge is 2.19. The number of amides is 1. The van der Waals surface area contributed by atoms with Crippen LogP contribution in [-0.4, -0.2) is 33.2 Å². The van der Waals surface area contributed by atoms with Gasteiger partial charge in [0.25, 0.3) is 5.91 Å². The Morgan fingerprint density at radius 2 is 1.52 bits per heavy atom. The lowest BCUT2D eigenvalue weighted by molar-refractivity contribution is 0.0526. The Balaban J connectivity index is 1.74. The van der Waals surface area contributed by atoms with Gasteiger partial charge < -0.3 is 10.1 Å². The first kappa shape index (κ1) is 24.0. The molecule has 0 aliphatic rings. The molecular weight excluding hydrogens is 440 g/mol. The monoisotopic (exact) mass is 466 g/mol. The van der Waals surface area contributed by atoms with E-state index in [1.165, 1.54) is 4.31 Å². The lowest BCUT2D eigenvalue weighted by Gasteiger charge is -2.23. The number of anilines is 2. The maximum absolute atomic E-state index is 12.6. The van der Waals surface area contributed by atoms with Crippen LogP contribution in [0.4, 0.5) is 11.4 Å². The molecule has 0 atom stereocenters. The molecule has 0 fully saturated rings. The van der Waals surface area contributed by atoms with E-state index >= 15 is 0 Å². The van der Waals surface area contributed by atoms with Crippen LogP contribution in [0.25, 0.3) is 0 Å². The highest BCUT2D eigenvalue weighted by atomic mass is 32.2. The van der Waals surface area contributed by atoms with Gasteiger partial charge in [0, 0.05) is 11.3 Å². The molecule has 3 aromatic carbocycles. The summed E-state index contributed by atoms with van der Waals surface area (Å²) in [5.41, 5.74) is 3.66. The van der Waals surface area contributed by atoms with Crippen LogP contribution in [0.1, 0.15) is 38.8 Å². The SMILES string of the molecule is CCOC(=O)c1ccc(NC(=O)c2ccc(N(Cc3ccccc3C)S(C)(=O)=O)cc2)cc1. The average Bonchev–Trinajstić information content (AvgIpc) is 2.78. The predicted octanol–water partition coefficient (Wildman–Crippen LogP) is 4.39. The van der Waals surface area contributed by atoms with Crippen molar-refractivity contribution in [1.82, 2.24) is 0 Å². The van der Waals surface area contributed by atoms with Crippen molar-refractivity contribution in [3.05, 3.63) is 95.1 Å². The molecule has 0 unspecified atom stereocenters. The highest BCUT2D eigenvalue weighted by molar-refractivity contribution is 7.92. The molecule has 0 aliphatic carbocycles. The molecule has 0 radical (unpaired) electrons. The summed E-state index contributed by atoms with van der Waals surface area (Å²) in [7, 11) is -3.53. The largest absolute Gasteiger partial charge is 0.462 e. The van der Waals surface area contributed by atoms with E-state index in [-0.39, 0.29) is 19.1 Å². The van der Waals surface area contributed by atoms with Crippen molar-refractivity contribution in [3.8, 4) is 0 Å². The molecule has 3 aromatic rings. The van der Waals surface area contributed by atoms with Gasteiger partial charge in [-0.05, 0) is 73.5 Å². The first-order valence-electron chi connectivity index (χ1n) is 10.4. The van der Waals surface area contributed by atoms with E-state index in [1.807, 2.05) is 31.2 Å². The van der Waals surface area contributed by atoms with Crippen LogP contribution in [0.5, 0.6) is 0 Å². The molecule has 172 valence electrons. The van der Waals surface area contributed by atoms with Crippen LogP contribution in [0.2, 0.25) is 0 Å². The van der Waals surface area contributed by atoms with Crippen LogP contribution < -0.4 is 9.62 Å².